The Labute approximate surface area is 380 Å². The van der Waals surface area contributed by atoms with Crippen molar-refractivity contribution in [3.05, 3.63) is 71.3 Å². The van der Waals surface area contributed by atoms with E-state index in [1.807, 2.05) is 83.8 Å². The molecule has 2 aromatic rings. The minimum atomic E-state index is -0.989. The van der Waals surface area contributed by atoms with Crippen LogP contribution in [0.25, 0.3) is 0 Å². The average Bonchev–Trinajstić information content (AvgIpc) is 3.76. The predicted octanol–water partition coefficient (Wildman–Crippen LogP) is 4.85. The number of nitrogens with zero attached hydrogens (tertiary/aromatic N) is 3. The highest BCUT2D eigenvalue weighted by molar-refractivity contribution is 5.90. The van der Waals surface area contributed by atoms with Gasteiger partial charge in [-0.1, -0.05) is 97.4 Å². The van der Waals surface area contributed by atoms with Gasteiger partial charge in [-0.3, -0.25) is 24.1 Å². The highest BCUT2D eigenvalue weighted by Gasteiger charge is 2.43. The molecule has 3 rings (SSSR count). The molecule has 2 aromatic carbocycles. The van der Waals surface area contributed by atoms with Crippen molar-refractivity contribution in [1.29, 1.82) is 0 Å². The van der Waals surface area contributed by atoms with E-state index < -0.39 is 66.2 Å². The normalized spacial score (nSPS) is 17.8. The van der Waals surface area contributed by atoms with Gasteiger partial charge in [0.2, 0.25) is 23.6 Å². The lowest BCUT2D eigenvalue weighted by Gasteiger charge is -2.41. The number of carboxylic acids is 1. The summed E-state index contributed by atoms with van der Waals surface area (Å²) in [5.74, 6) is -3.86. The average molecular weight is 894 g/mol. The van der Waals surface area contributed by atoms with Crippen LogP contribution in [0.2, 0.25) is 0 Å². The number of hydrogen-bond donors (Lipinski definition) is 3. The van der Waals surface area contributed by atoms with Crippen molar-refractivity contribution in [2.75, 3.05) is 48.5 Å². The maximum absolute atomic E-state index is 14.6. The van der Waals surface area contributed by atoms with Gasteiger partial charge in [0.1, 0.15) is 12.1 Å². The lowest BCUT2D eigenvalue weighted by atomic mass is 9.89. The Bertz CT molecular complexity index is 1830. The largest absolute Gasteiger partial charge is 0.478 e. The molecule has 0 radical (unpaired) electrons. The molecule has 9 atom stereocenters. The van der Waals surface area contributed by atoms with Crippen LogP contribution in [0.15, 0.2) is 54.6 Å². The molecule has 1 aliphatic heterocycles. The van der Waals surface area contributed by atoms with E-state index in [-0.39, 0.29) is 53.9 Å². The summed E-state index contributed by atoms with van der Waals surface area (Å²) in [5, 5.41) is 15.2. The van der Waals surface area contributed by atoms with E-state index in [9.17, 15) is 33.9 Å². The third-order valence-electron chi connectivity index (χ3n) is 12.9. The molecular weight excluding hydrogens is 819 g/mol. The third kappa shape index (κ3) is 14.3. The Morgan fingerprint density at radius 1 is 0.828 bits per heavy atom. The number of carbonyl (C=O) groups is 6. The van der Waals surface area contributed by atoms with Gasteiger partial charge in [-0.05, 0) is 67.3 Å². The molecule has 15 heteroatoms. The monoisotopic (exact) mass is 894 g/mol. The van der Waals surface area contributed by atoms with Crippen LogP contribution in [-0.4, -0.2) is 146 Å². The first kappa shape index (κ1) is 53.5. The fraction of sp³-hybridized carbons (Fsp3) is 0.633. The van der Waals surface area contributed by atoms with E-state index >= 15 is 0 Å². The van der Waals surface area contributed by atoms with Gasteiger partial charge in [-0.2, -0.15) is 0 Å². The zero-order valence-electron chi connectivity index (χ0n) is 40.2. The third-order valence-corrected chi connectivity index (χ3v) is 12.9. The first-order chi connectivity index (χ1) is 30.3. The van der Waals surface area contributed by atoms with Crippen molar-refractivity contribution in [1.82, 2.24) is 25.3 Å². The number of likely N-dealkylation sites (tertiary alicyclic amines) is 1. The second kappa shape index (κ2) is 25.6. The van der Waals surface area contributed by atoms with Crippen molar-refractivity contribution in [2.45, 2.75) is 129 Å². The van der Waals surface area contributed by atoms with Crippen LogP contribution in [0.5, 0.6) is 0 Å². The molecule has 1 unspecified atom stereocenters. The number of methoxy groups -OCH3 is 3. The number of likely N-dealkylation sites (N-methyl/N-ethyl adjacent to an activating group) is 2. The first-order valence-corrected chi connectivity index (χ1v) is 22.7. The molecule has 356 valence electrons. The molecule has 4 amide bonds. The molecule has 15 nitrogen and oxygen atoms in total. The van der Waals surface area contributed by atoms with E-state index in [1.165, 1.54) is 21.3 Å². The lowest BCUT2D eigenvalue weighted by Crippen LogP contribution is -2.60. The first-order valence-electron chi connectivity index (χ1n) is 22.7. The van der Waals surface area contributed by atoms with E-state index in [4.69, 9.17) is 14.2 Å². The molecular formula is C49H75N5O10. The number of esters is 1. The zero-order valence-corrected chi connectivity index (χ0v) is 40.2. The molecule has 1 saturated heterocycles. The summed E-state index contributed by atoms with van der Waals surface area (Å²) in [6, 6.07) is 12.8. The molecule has 3 N–H and O–H groups in total. The number of benzene rings is 2. The van der Waals surface area contributed by atoms with Crippen LogP contribution < -0.4 is 10.6 Å². The summed E-state index contributed by atoms with van der Waals surface area (Å²) in [5.41, 5.74) is 2.02. The standard InChI is InChI=1S/C49H75N5O10/c1-13-32(6)43(53(9)47(58)41(30(2)3)51-46(57)42(31(4)5)52(8)27-25-34-21-23-36(24-22-34)48(59)60)39(62-10)29-40(55)54-26-17-20-38(54)44(63-11)33(7)45(56)50-37(49(61)64-12)28-35-18-15-14-16-19-35/h14-16,18-19,21-24,30-33,37-39,41-44H,13,17,20,25-29H2,1-12H3,(H,50,56)(H,51,57)(H,59,60)/t32-,33+,37-,38-,39+,41?,42-,43-,44+/m0/s1. The smallest absolute Gasteiger partial charge is 0.335 e. The van der Waals surface area contributed by atoms with Crippen LogP contribution in [0.1, 0.15) is 95.6 Å². The van der Waals surface area contributed by atoms with Gasteiger partial charge < -0.3 is 39.8 Å². The van der Waals surface area contributed by atoms with E-state index in [2.05, 4.69) is 10.6 Å². The topological polar surface area (TPSA) is 184 Å². The number of carbonyl (C=O) groups excluding carboxylic acids is 5. The molecule has 64 heavy (non-hydrogen) atoms. The SMILES string of the molecule is CC[C@H](C)[C@@H]([C@@H](CC(=O)N1CCC[C@H]1[C@H](OC)[C@@H](C)C(=O)N[C@@H](Cc1ccccc1)C(=O)OC)OC)N(C)C(=O)C(NC(=O)[C@H](C(C)C)N(C)CCc1ccc(C(=O)O)cc1)C(C)C. The second-order valence-electron chi connectivity index (χ2n) is 18.0. The summed E-state index contributed by atoms with van der Waals surface area (Å²) in [6.45, 7) is 14.5. The Balaban J connectivity index is 1.77. The maximum atomic E-state index is 14.6. The molecule has 1 heterocycles. The number of amides is 4. The van der Waals surface area contributed by atoms with Gasteiger partial charge in [0.25, 0.3) is 0 Å². The van der Waals surface area contributed by atoms with Crippen molar-refractivity contribution >= 4 is 35.6 Å². The zero-order chi connectivity index (χ0) is 47.8. The molecule has 0 bridgehead atoms. The summed E-state index contributed by atoms with van der Waals surface area (Å²) in [4.78, 5) is 86.2. The fourth-order valence-corrected chi connectivity index (χ4v) is 9.04. The number of carboxylic acid groups (broad SMARTS) is 1. The van der Waals surface area contributed by atoms with Crippen LogP contribution in [0.3, 0.4) is 0 Å². The van der Waals surface area contributed by atoms with Gasteiger partial charge in [-0.25, -0.2) is 9.59 Å². The number of nitrogens with one attached hydrogen (secondary N) is 2. The Morgan fingerprint density at radius 3 is 2.00 bits per heavy atom. The van der Waals surface area contributed by atoms with Crippen LogP contribution in [0.4, 0.5) is 0 Å². The van der Waals surface area contributed by atoms with Gasteiger partial charge in [0, 0.05) is 40.8 Å². The number of ether oxygens (including phenoxy) is 3. The Hall–Kier alpha value is -4.86. The van der Waals surface area contributed by atoms with E-state index in [1.54, 1.807) is 48.0 Å². The van der Waals surface area contributed by atoms with Crippen LogP contribution in [0, 0.1) is 23.7 Å². The van der Waals surface area contributed by atoms with Crippen LogP contribution in [-0.2, 0) is 51.0 Å². The van der Waals surface area contributed by atoms with Gasteiger partial charge in [-0.15, -0.1) is 0 Å². The Kier molecular flexibility index (Phi) is 21.4. The second-order valence-corrected chi connectivity index (χ2v) is 18.0. The highest BCUT2D eigenvalue weighted by Crippen LogP contribution is 2.30. The van der Waals surface area contributed by atoms with Crippen LogP contribution >= 0.6 is 0 Å². The number of rotatable bonds is 25. The fourth-order valence-electron chi connectivity index (χ4n) is 9.04. The van der Waals surface area contributed by atoms with Gasteiger partial charge in [0.15, 0.2) is 0 Å². The van der Waals surface area contributed by atoms with Gasteiger partial charge in [0.05, 0.1) is 55.3 Å². The lowest BCUT2D eigenvalue weighted by molar-refractivity contribution is -0.149. The minimum absolute atomic E-state index is 0.0317. The van der Waals surface area contributed by atoms with E-state index in [0.717, 1.165) is 11.1 Å². The molecule has 0 aliphatic carbocycles. The minimum Gasteiger partial charge on any atom is -0.478 e. The molecule has 0 saturated carbocycles. The van der Waals surface area contributed by atoms with Crippen molar-refractivity contribution < 1.29 is 48.1 Å². The highest BCUT2D eigenvalue weighted by atomic mass is 16.5. The summed E-state index contributed by atoms with van der Waals surface area (Å²) >= 11 is 0. The predicted molar refractivity (Wildman–Crippen MR) is 245 cm³/mol. The van der Waals surface area contributed by atoms with E-state index in [0.29, 0.717) is 38.8 Å². The summed E-state index contributed by atoms with van der Waals surface area (Å²) in [7, 11) is 7.92. The molecule has 1 fully saturated rings. The molecule has 1 aliphatic rings. The molecule has 0 spiro atoms. The Morgan fingerprint density at radius 2 is 1.47 bits per heavy atom. The van der Waals surface area contributed by atoms with Gasteiger partial charge >= 0.3 is 11.9 Å². The maximum Gasteiger partial charge on any atom is 0.335 e. The van der Waals surface area contributed by atoms with Crippen molar-refractivity contribution in [3.8, 4) is 0 Å². The summed E-state index contributed by atoms with van der Waals surface area (Å²) in [6.07, 6.45) is 1.45. The molecule has 0 aromatic heterocycles. The quantitative estimate of drug-likeness (QED) is 0.116. The van der Waals surface area contributed by atoms with Crippen molar-refractivity contribution in [2.24, 2.45) is 23.7 Å². The summed E-state index contributed by atoms with van der Waals surface area (Å²) < 4.78 is 17.0. The number of aromatic carboxylic acids is 1. The van der Waals surface area contributed by atoms with Crippen molar-refractivity contribution in [3.63, 3.8) is 0 Å². The number of hydrogen-bond acceptors (Lipinski definition) is 10.